The molecule has 0 N–H and O–H groups in total. The van der Waals surface area contributed by atoms with Crippen molar-refractivity contribution < 1.29 is 13.2 Å². The van der Waals surface area contributed by atoms with E-state index in [1.54, 1.807) is 22.4 Å². The Hall–Kier alpha value is -1.70. The molecule has 0 saturated heterocycles. The molecular weight excluding hydrogens is 332 g/mol. The molecule has 0 saturated carbocycles. The van der Waals surface area contributed by atoms with Gasteiger partial charge in [0.05, 0.1) is 6.54 Å². The van der Waals surface area contributed by atoms with E-state index in [1.807, 2.05) is 31.2 Å². The van der Waals surface area contributed by atoms with Gasteiger partial charge in [0.1, 0.15) is 4.21 Å². The summed E-state index contributed by atoms with van der Waals surface area (Å²) < 4.78 is 26.2. The Balaban J connectivity index is 1.80. The van der Waals surface area contributed by atoms with Gasteiger partial charge in [-0.1, -0.05) is 24.3 Å². The van der Waals surface area contributed by atoms with Gasteiger partial charge in [-0.25, -0.2) is 8.42 Å². The van der Waals surface area contributed by atoms with Crippen LogP contribution in [0.25, 0.3) is 0 Å². The van der Waals surface area contributed by atoms with Crippen LogP contribution in [-0.2, 0) is 21.2 Å². The van der Waals surface area contributed by atoms with E-state index in [0.717, 1.165) is 33.3 Å². The molecule has 1 unspecified atom stereocenters. The molecule has 1 amide bonds. The molecule has 0 aliphatic carbocycles. The summed E-state index contributed by atoms with van der Waals surface area (Å²) in [6, 6.07) is 11.0. The van der Waals surface area contributed by atoms with Gasteiger partial charge in [-0.05, 0) is 36.4 Å². The average Bonchev–Trinajstić information content (AvgIpc) is 3.13. The Morgan fingerprint density at radius 2 is 2.04 bits per heavy atom. The molecule has 2 aromatic rings. The van der Waals surface area contributed by atoms with E-state index < -0.39 is 10.0 Å². The van der Waals surface area contributed by atoms with Gasteiger partial charge in [-0.3, -0.25) is 4.79 Å². The molecule has 2 heterocycles. The van der Waals surface area contributed by atoms with E-state index in [0.29, 0.717) is 0 Å². The number of fused-ring (bicyclic) bond motifs is 1. The van der Waals surface area contributed by atoms with Crippen LogP contribution in [0.1, 0.15) is 12.5 Å². The number of likely N-dealkylation sites (N-methyl/N-ethyl adjacent to an activating group) is 1. The van der Waals surface area contributed by atoms with Crippen LogP contribution in [0, 0.1) is 0 Å². The molecule has 0 spiro atoms. The first-order valence-electron chi connectivity index (χ1n) is 7.31. The third kappa shape index (κ3) is 2.91. The van der Waals surface area contributed by atoms with E-state index in [4.69, 9.17) is 0 Å². The van der Waals surface area contributed by atoms with Crippen LogP contribution in [0.5, 0.6) is 0 Å². The highest BCUT2D eigenvalue weighted by atomic mass is 32.2. The van der Waals surface area contributed by atoms with Crippen LogP contribution in [-0.4, -0.2) is 38.3 Å². The minimum absolute atomic E-state index is 0.0396. The number of para-hydroxylation sites is 1. The van der Waals surface area contributed by atoms with E-state index in [9.17, 15) is 13.2 Å². The maximum Gasteiger partial charge on any atom is 0.252 e. The minimum Gasteiger partial charge on any atom is -0.308 e. The number of hydrogen-bond acceptors (Lipinski definition) is 4. The number of anilines is 1. The predicted molar refractivity (Wildman–Crippen MR) is 91.2 cm³/mol. The summed E-state index contributed by atoms with van der Waals surface area (Å²) in [6.07, 6.45) is 0.795. The topological polar surface area (TPSA) is 57.7 Å². The molecular formula is C16H18N2O3S2. The van der Waals surface area contributed by atoms with Crippen molar-refractivity contribution in [1.29, 1.82) is 0 Å². The number of nitrogens with zero attached hydrogens (tertiary/aromatic N) is 2. The molecule has 0 radical (unpaired) electrons. The lowest BCUT2D eigenvalue weighted by molar-refractivity contribution is -0.118. The summed E-state index contributed by atoms with van der Waals surface area (Å²) in [7, 11) is -2.17. The molecule has 0 fully saturated rings. The summed E-state index contributed by atoms with van der Waals surface area (Å²) in [5.74, 6) is -0.204. The van der Waals surface area contributed by atoms with Crippen LogP contribution >= 0.6 is 11.3 Å². The van der Waals surface area contributed by atoms with Crippen LogP contribution < -0.4 is 4.90 Å². The van der Waals surface area contributed by atoms with Crippen molar-refractivity contribution in [2.45, 2.75) is 23.6 Å². The molecule has 1 aromatic carbocycles. The lowest BCUT2D eigenvalue weighted by atomic mass is 10.1. The van der Waals surface area contributed by atoms with Gasteiger partial charge in [-0.2, -0.15) is 4.31 Å². The van der Waals surface area contributed by atoms with Crippen LogP contribution in [0.15, 0.2) is 46.0 Å². The van der Waals surface area contributed by atoms with Crippen molar-refractivity contribution >= 4 is 33.0 Å². The zero-order valence-corrected chi connectivity index (χ0v) is 14.6. The number of carbonyl (C=O) groups excluding carboxylic acids is 1. The van der Waals surface area contributed by atoms with Crippen molar-refractivity contribution in [3.8, 4) is 0 Å². The van der Waals surface area contributed by atoms with E-state index in [-0.39, 0.29) is 22.7 Å². The molecule has 3 rings (SSSR count). The first-order chi connectivity index (χ1) is 10.9. The molecule has 7 heteroatoms. The van der Waals surface area contributed by atoms with E-state index >= 15 is 0 Å². The summed E-state index contributed by atoms with van der Waals surface area (Å²) in [6.45, 7) is 1.81. The standard InChI is InChI=1S/C16H18N2O3S2/c1-12-10-13-6-3-4-7-14(13)18(12)15(19)11-17(2)23(20,21)16-8-5-9-22-16/h3-9,12H,10-11H2,1-2H3. The number of sulfonamides is 1. The van der Waals surface area contributed by atoms with Gasteiger partial charge in [0, 0.05) is 18.8 Å². The SMILES string of the molecule is CC1Cc2ccccc2N1C(=O)CN(C)S(=O)(=O)c1cccs1. The number of thiophene rings is 1. The smallest absolute Gasteiger partial charge is 0.252 e. The minimum atomic E-state index is -3.61. The summed E-state index contributed by atoms with van der Waals surface area (Å²) >= 11 is 1.15. The lowest BCUT2D eigenvalue weighted by Gasteiger charge is -2.25. The largest absolute Gasteiger partial charge is 0.308 e. The van der Waals surface area contributed by atoms with Gasteiger partial charge in [0.15, 0.2) is 0 Å². The average molecular weight is 350 g/mol. The Kier molecular flexibility index (Phi) is 4.27. The molecule has 1 aliphatic heterocycles. The predicted octanol–water partition coefficient (Wildman–Crippen LogP) is 2.35. The normalized spacial score (nSPS) is 17.5. The van der Waals surface area contributed by atoms with Crippen molar-refractivity contribution in [3.05, 3.63) is 47.3 Å². The number of hydrogen-bond donors (Lipinski definition) is 0. The summed E-state index contributed by atoms with van der Waals surface area (Å²) in [5.41, 5.74) is 2.00. The van der Waals surface area contributed by atoms with Gasteiger partial charge < -0.3 is 4.90 Å². The highest BCUT2D eigenvalue weighted by molar-refractivity contribution is 7.91. The lowest BCUT2D eigenvalue weighted by Crippen LogP contribution is -2.43. The maximum atomic E-state index is 12.7. The van der Waals surface area contributed by atoms with Crippen molar-refractivity contribution in [2.75, 3.05) is 18.5 Å². The van der Waals surface area contributed by atoms with Gasteiger partial charge >= 0.3 is 0 Å². The molecule has 1 atom stereocenters. The molecule has 0 bridgehead atoms. The maximum absolute atomic E-state index is 12.7. The second kappa shape index (κ2) is 6.07. The molecule has 5 nitrogen and oxygen atoms in total. The second-order valence-electron chi connectivity index (χ2n) is 5.64. The van der Waals surface area contributed by atoms with Crippen molar-refractivity contribution in [3.63, 3.8) is 0 Å². The Morgan fingerprint density at radius 3 is 2.74 bits per heavy atom. The van der Waals surface area contributed by atoms with E-state index in [2.05, 4.69) is 0 Å². The highest BCUT2D eigenvalue weighted by Crippen LogP contribution is 2.32. The fraction of sp³-hybridized carbons (Fsp3) is 0.312. The number of carbonyl (C=O) groups is 1. The fourth-order valence-corrected chi connectivity index (χ4v) is 5.18. The number of rotatable bonds is 4. The first-order valence-corrected chi connectivity index (χ1v) is 9.63. The molecule has 1 aromatic heterocycles. The van der Waals surface area contributed by atoms with Crippen LogP contribution in [0.3, 0.4) is 0 Å². The Bertz CT molecular complexity index is 816. The third-order valence-electron chi connectivity index (χ3n) is 3.99. The van der Waals surface area contributed by atoms with Crippen LogP contribution in [0.2, 0.25) is 0 Å². The molecule has 1 aliphatic rings. The zero-order chi connectivity index (χ0) is 16.6. The monoisotopic (exact) mass is 350 g/mol. The zero-order valence-electron chi connectivity index (χ0n) is 13.0. The van der Waals surface area contributed by atoms with Crippen molar-refractivity contribution in [2.24, 2.45) is 0 Å². The van der Waals surface area contributed by atoms with Crippen molar-refractivity contribution in [1.82, 2.24) is 4.31 Å². The van der Waals surface area contributed by atoms with Gasteiger partial charge in [0.25, 0.3) is 10.0 Å². The first kappa shape index (κ1) is 16.2. The molecule has 122 valence electrons. The quantitative estimate of drug-likeness (QED) is 0.850. The second-order valence-corrected chi connectivity index (χ2v) is 8.86. The highest BCUT2D eigenvalue weighted by Gasteiger charge is 2.33. The Morgan fingerprint density at radius 1 is 1.30 bits per heavy atom. The van der Waals surface area contributed by atoms with E-state index in [1.165, 1.54) is 7.05 Å². The third-order valence-corrected chi connectivity index (χ3v) is 7.17. The Labute approximate surface area is 140 Å². The van der Waals surface area contributed by atoms with Crippen LogP contribution in [0.4, 0.5) is 5.69 Å². The fourth-order valence-electron chi connectivity index (χ4n) is 2.86. The summed E-state index contributed by atoms with van der Waals surface area (Å²) in [4.78, 5) is 14.4. The van der Waals surface area contributed by atoms with Gasteiger partial charge in [0.2, 0.25) is 5.91 Å². The number of amides is 1. The van der Waals surface area contributed by atoms with Gasteiger partial charge in [-0.15, -0.1) is 11.3 Å². The summed E-state index contributed by atoms with van der Waals surface area (Å²) in [5, 5.41) is 1.71. The number of benzene rings is 1. The molecule has 23 heavy (non-hydrogen) atoms.